The van der Waals surface area contributed by atoms with Crippen molar-refractivity contribution < 1.29 is 14.3 Å². The molecule has 0 saturated carbocycles. The molecule has 1 heterocycles. The molecule has 5 heteroatoms. The highest BCUT2D eigenvalue weighted by molar-refractivity contribution is 5.82. The number of rotatable bonds is 5. The quantitative estimate of drug-likeness (QED) is 0.908. The molecule has 1 aliphatic heterocycles. The van der Waals surface area contributed by atoms with Gasteiger partial charge in [-0.2, -0.15) is 0 Å². The van der Waals surface area contributed by atoms with Crippen molar-refractivity contribution in [3.63, 3.8) is 0 Å². The summed E-state index contributed by atoms with van der Waals surface area (Å²) in [4.78, 5) is 15.0. The van der Waals surface area contributed by atoms with E-state index in [0.717, 1.165) is 23.4 Å². The van der Waals surface area contributed by atoms with Gasteiger partial charge in [-0.15, -0.1) is 0 Å². The highest BCUT2D eigenvalue weighted by Gasteiger charge is 2.36. The molecule has 0 unspecified atom stereocenters. The summed E-state index contributed by atoms with van der Waals surface area (Å²) in [6, 6.07) is 17.6. The predicted octanol–water partition coefficient (Wildman–Crippen LogP) is 2.38. The van der Waals surface area contributed by atoms with Crippen molar-refractivity contribution in [2.24, 2.45) is 0 Å². The highest BCUT2D eigenvalue weighted by atomic mass is 16.5. The normalized spacial score (nSPS) is 20.9. The molecule has 0 radical (unpaired) electrons. The Morgan fingerprint density at radius 3 is 2.68 bits per heavy atom. The summed E-state index contributed by atoms with van der Waals surface area (Å²) in [5.41, 5.74) is 2.03. The summed E-state index contributed by atoms with van der Waals surface area (Å²) in [7, 11) is 3.66. The smallest absolute Gasteiger partial charge is 0.251 e. The van der Waals surface area contributed by atoms with Gasteiger partial charge in [-0.05, 0) is 18.7 Å². The molecule has 5 nitrogen and oxygen atoms in total. The number of nitrogens with one attached hydrogen (secondary N) is 1. The van der Waals surface area contributed by atoms with Crippen LogP contribution in [0.4, 0.5) is 0 Å². The van der Waals surface area contributed by atoms with E-state index in [0.29, 0.717) is 13.2 Å². The molecule has 0 aliphatic carbocycles. The van der Waals surface area contributed by atoms with E-state index in [4.69, 9.17) is 9.47 Å². The van der Waals surface area contributed by atoms with Crippen molar-refractivity contribution >= 4 is 5.91 Å². The number of methoxy groups -OCH3 is 1. The fraction of sp³-hybridized carbons (Fsp3) is 0.350. The monoisotopic (exact) mass is 340 g/mol. The number of benzene rings is 2. The average molecular weight is 340 g/mol. The van der Waals surface area contributed by atoms with Gasteiger partial charge < -0.3 is 14.8 Å². The third kappa shape index (κ3) is 4.00. The first kappa shape index (κ1) is 17.5. The summed E-state index contributed by atoms with van der Waals surface area (Å²) in [6.07, 6.45) is -0.532. The number of nitrogens with zero attached hydrogens (tertiary/aromatic N) is 1. The number of carbonyl (C=O) groups is 1. The highest BCUT2D eigenvalue weighted by Crippen LogP contribution is 2.28. The van der Waals surface area contributed by atoms with Gasteiger partial charge in [0.05, 0.1) is 19.8 Å². The first-order valence-corrected chi connectivity index (χ1v) is 8.47. The minimum absolute atomic E-state index is 0.0902. The molecule has 0 aromatic heterocycles. The Labute approximate surface area is 148 Å². The van der Waals surface area contributed by atoms with Crippen molar-refractivity contribution in [3.05, 3.63) is 65.7 Å². The fourth-order valence-corrected chi connectivity index (χ4v) is 3.22. The lowest BCUT2D eigenvalue weighted by Crippen LogP contribution is -2.50. The lowest BCUT2D eigenvalue weighted by Gasteiger charge is -2.38. The van der Waals surface area contributed by atoms with Crippen molar-refractivity contribution in [1.29, 1.82) is 0 Å². The summed E-state index contributed by atoms with van der Waals surface area (Å²) in [6.45, 7) is 1.76. The van der Waals surface area contributed by atoms with Gasteiger partial charge in [0.25, 0.3) is 5.91 Å². The Hall–Kier alpha value is -2.37. The Kier molecular flexibility index (Phi) is 5.68. The Morgan fingerprint density at radius 1 is 1.20 bits per heavy atom. The van der Waals surface area contributed by atoms with Crippen LogP contribution in [0.3, 0.4) is 0 Å². The maximum atomic E-state index is 12.8. The molecule has 0 spiro atoms. The van der Waals surface area contributed by atoms with Gasteiger partial charge in [0.2, 0.25) is 0 Å². The van der Waals surface area contributed by atoms with Crippen molar-refractivity contribution in [1.82, 2.24) is 10.2 Å². The molecule has 2 aromatic carbocycles. The molecule has 1 fully saturated rings. The summed E-state index contributed by atoms with van der Waals surface area (Å²) < 4.78 is 11.2. The van der Waals surface area contributed by atoms with Gasteiger partial charge in [0.1, 0.15) is 5.75 Å². The maximum absolute atomic E-state index is 12.8. The number of ether oxygens (including phenoxy) is 2. The van der Waals surface area contributed by atoms with Crippen LogP contribution in [0.25, 0.3) is 0 Å². The van der Waals surface area contributed by atoms with E-state index in [9.17, 15) is 4.79 Å². The first-order chi connectivity index (χ1) is 12.2. The largest absolute Gasteiger partial charge is 0.496 e. The first-order valence-electron chi connectivity index (χ1n) is 8.47. The van der Waals surface area contributed by atoms with Crippen LogP contribution in [-0.4, -0.2) is 44.2 Å². The minimum Gasteiger partial charge on any atom is -0.496 e. The van der Waals surface area contributed by atoms with Crippen LogP contribution in [0.1, 0.15) is 17.2 Å². The van der Waals surface area contributed by atoms with Gasteiger partial charge in [-0.3, -0.25) is 9.69 Å². The molecule has 1 amide bonds. The van der Waals surface area contributed by atoms with E-state index in [1.807, 2.05) is 61.6 Å². The van der Waals surface area contributed by atoms with Gasteiger partial charge in [-0.25, -0.2) is 0 Å². The summed E-state index contributed by atoms with van der Waals surface area (Å²) >= 11 is 0. The van der Waals surface area contributed by atoms with E-state index >= 15 is 0 Å². The Bertz CT molecular complexity index is 705. The molecule has 25 heavy (non-hydrogen) atoms. The zero-order valence-corrected chi connectivity index (χ0v) is 14.6. The zero-order chi connectivity index (χ0) is 17.6. The number of para-hydroxylation sites is 1. The van der Waals surface area contributed by atoms with E-state index in [1.165, 1.54) is 0 Å². The topological polar surface area (TPSA) is 50.8 Å². The molecule has 3 rings (SSSR count). The van der Waals surface area contributed by atoms with Gasteiger partial charge in [0.15, 0.2) is 6.10 Å². The lowest BCUT2D eigenvalue weighted by molar-refractivity contribution is -0.144. The Balaban J connectivity index is 1.73. The van der Waals surface area contributed by atoms with Crippen LogP contribution < -0.4 is 10.1 Å². The predicted molar refractivity (Wildman–Crippen MR) is 96.4 cm³/mol. The van der Waals surface area contributed by atoms with Crippen molar-refractivity contribution in [3.8, 4) is 5.75 Å². The maximum Gasteiger partial charge on any atom is 0.251 e. The summed E-state index contributed by atoms with van der Waals surface area (Å²) in [5, 5.41) is 2.99. The summed E-state index contributed by atoms with van der Waals surface area (Å²) in [5.74, 6) is 0.662. The van der Waals surface area contributed by atoms with E-state index in [1.54, 1.807) is 7.11 Å². The number of amides is 1. The van der Waals surface area contributed by atoms with Crippen molar-refractivity contribution in [2.45, 2.75) is 18.7 Å². The minimum atomic E-state index is -0.532. The number of likely N-dealkylation sites (N-methyl/N-ethyl adjacent to an activating group) is 1. The van der Waals surface area contributed by atoms with Crippen LogP contribution in [0, 0.1) is 0 Å². The number of hydrogen-bond donors (Lipinski definition) is 1. The van der Waals surface area contributed by atoms with E-state index in [-0.39, 0.29) is 11.9 Å². The standard InChI is InChI=1S/C20H24N2O3/c1-22-12-13-25-19(18(22)15-8-4-3-5-9-15)20(23)21-14-16-10-6-7-11-17(16)24-2/h3-11,18-19H,12-14H2,1-2H3,(H,21,23)/t18-,19+/m0/s1. The third-order valence-electron chi connectivity index (χ3n) is 4.55. The van der Waals surface area contributed by atoms with Crippen LogP contribution in [-0.2, 0) is 16.1 Å². The molecular weight excluding hydrogens is 316 g/mol. The van der Waals surface area contributed by atoms with Gasteiger partial charge >= 0.3 is 0 Å². The number of morpholine rings is 1. The molecule has 1 aliphatic rings. The van der Waals surface area contributed by atoms with E-state index in [2.05, 4.69) is 10.2 Å². The zero-order valence-electron chi connectivity index (χ0n) is 14.6. The van der Waals surface area contributed by atoms with Gasteiger partial charge in [0, 0.05) is 18.7 Å². The van der Waals surface area contributed by atoms with Gasteiger partial charge in [-0.1, -0.05) is 48.5 Å². The molecule has 1 saturated heterocycles. The lowest BCUT2D eigenvalue weighted by atomic mass is 9.98. The average Bonchev–Trinajstić information content (AvgIpc) is 2.66. The second-order valence-electron chi connectivity index (χ2n) is 6.16. The molecule has 0 bridgehead atoms. The van der Waals surface area contributed by atoms with Crippen LogP contribution in [0.2, 0.25) is 0 Å². The van der Waals surface area contributed by atoms with Crippen LogP contribution in [0.15, 0.2) is 54.6 Å². The second-order valence-corrected chi connectivity index (χ2v) is 6.16. The van der Waals surface area contributed by atoms with Crippen LogP contribution >= 0.6 is 0 Å². The van der Waals surface area contributed by atoms with E-state index < -0.39 is 6.10 Å². The molecule has 1 N–H and O–H groups in total. The SMILES string of the molecule is COc1ccccc1CNC(=O)[C@@H]1OCCN(C)[C@H]1c1ccccc1. The third-order valence-corrected chi connectivity index (χ3v) is 4.55. The molecular formula is C20H24N2O3. The molecule has 2 aromatic rings. The number of carbonyl (C=O) groups excluding carboxylic acids is 1. The van der Waals surface area contributed by atoms with Crippen molar-refractivity contribution in [2.75, 3.05) is 27.3 Å². The molecule has 132 valence electrons. The molecule has 2 atom stereocenters. The Morgan fingerprint density at radius 2 is 1.92 bits per heavy atom. The van der Waals surface area contributed by atoms with Crippen LogP contribution in [0.5, 0.6) is 5.75 Å². The fourth-order valence-electron chi connectivity index (χ4n) is 3.22. The number of hydrogen-bond acceptors (Lipinski definition) is 4. The second kappa shape index (κ2) is 8.14.